The van der Waals surface area contributed by atoms with E-state index < -0.39 is 11.7 Å². The van der Waals surface area contributed by atoms with Crippen molar-refractivity contribution >= 4 is 0 Å². The van der Waals surface area contributed by atoms with Gasteiger partial charge in [-0.2, -0.15) is 13.2 Å². The van der Waals surface area contributed by atoms with E-state index in [0.717, 1.165) is 18.6 Å². The maximum absolute atomic E-state index is 12.6. The molecule has 0 spiro atoms. The number of hydrogen-bond acceptors (Lipinski definition) is 1. The Balaban J connectivity index is 3.08. The summed E-state index contributed by atoms with van der Waals surface area (Å²) in [7, 11) is 0. The van der Waals surface area contributed by atoms with E-state index in [9.17, 15) is 13.2 Å². The van der Waals surface area contributed by atoms with Gasteiger partial charge in [0, 0.05) is 0 Å². The highest BCUT2D eigenvalue weighted by atomic mass is 19.4. The van der Waals surface area contributed by atoms with Gasteiger partial charge in [-0.1, -0.05) is 13.8 Å². The quantitative estimate of drug-likeness (QED) is 0.762. The molecule has 0 saturated heterocycles. The van der Waals surface area contributed by atoms with Crippen molar-refractivity contribution in [2.45, 2.75) is 32.4 Å². The second-order valence-corrected chi connectivity index (χ2v) is 4.00. The van der Waals surface area contributed by atoms with Gasteiger partial charge in [-0.25, -0.2) is 0 Å². The first-order valence-corrected chi connectivity index (χ1v) is 5.53. The highest BCUT2D eigenvalue weighted by molar-refractivity contribution is 5.41. The predicted molar refractivity (Wildman–Crippen MR) is 61.0 cm³/mol. The van der Waals surface area contributed by atoms with Gasteiger partial charge in [-0.15, -0.1) is 0 Å². The second kappa shape index (κ2) is 5.43. The zero-order chi connectivity index (χ0) is 13.1. The highest BCUT2D eigenvalue weighted by Crippen LogP contribution is 2.35. The zero-order valence-corrected chi connectivity index (χ0v) is 9.97. The third-order valence-electron chi connectivity index (χ3n) is 2.33. The van der Waals surface area contributed by atoms with Crippen molar-refractivity contribution in [3.05, 3.63) is 36.2 Å². The molecule has 0 N–H and O–H groups in total. The highest BCUT2D eigenvalue weighted by Gasteiger charge is 2.31. The smallest absolute Gasteiger partial charge is 0.416 e. The Labute approximate surface area is 99.6 Å². The fraction of sp³-hybridized carbons (Fsp3) is 0.462. The predicted octanol–water partition coefficient (Wildman–Crippen LogP) is 4.43. The van der Waals surface area contributed by atoms with Crippen LogP contribution in [0, 0.1) is 6.92 Å². The molecule has 0 heterocycles. The van der Waals surface area contributed by atoms with E-state index in [4.69, 9.17) is 4.74 Å². The van der Waals surface area contributed by atoms with Crippen molar-refractivity contribution in [1.29, 1.82) is 0 Å². The summed E-state index contributed by atoms with van der Waals surface area (Å²) < 4.78 is 43.1. The molecule has 1 rings (SSSR count). The van der Waals surface area contributed by atoms with Crippen molar-refractivity contribution in [3.8, 4) is 5.75 Å². The summed E-state index contributed by atoms with van der Waals surface area (Å²) in [5.41, 5.74) is -0.167. The summed E-state index contributed by atoms with van der Waals surface area (Å²) in [6.07, 6.45) is -3.51. The lowest BCUT2D eigenvalue weighted by molar-refractivity contribution is -0.137. The van der Waals surface area contributed by atoms with E-state index in [0.29, 0.717) is 17.9 Å². The van der Waals surface area contributed by atoms with Crippen molar-refractivity contribution in [2.24, 2.45) is 0 Å². The van der Waals surface area contributed by atoms with Gasteiger partial charge in [0.1, 0.15) is 5.75 Å². The first-order valence-electron chi connectivity index (χ1n) is 5.53. The Morgan fingerprint density at radius 2 is 2.00 bits per heavy atom. The summed E-state index contributed by atoms with van der Waals surface area (Å²) >= 11 is 0. The molecule has 17 heavy (non-hydrogen) atoms. The number of alkyl halides is 3. The molecule has 4 heteroatoms. The van der Waals surface area contributed by atoms with Gasteiger partial charge in [0.25, 0.3) is 0 Å². The number of ether oxygens (including phenoxy) is 1. The van der Waals surface area contributed by atoms with Crippen LogP contribution < -0.4 is 4.74 Å². The maximum Gasteiger partial charge on any atom is 0.416 e. The zero-order valence-electron chi connectivity index (χ0n) is 9.97. The second-order valence-electron chi connectivity index (χ2n) is 4.00. The van der Waals surface area contributed by atoms with Gasteiger partial charge >= 0.3 is 6.18 Å². The van der Waals surface area contributed by atoms with E-state index in [1.807, 2.05) is 6.92 Å². The SMILES string of the molecule is [CH2]C(C)c1cc(C(F)(F)F)ccc1OCCC. The lowest BCUT2D eigenvalue weighted by atomic mass is 9.99. The van der Waals surface area contributed by atoms with Gasteiger partial charge in [0.2, 0.25) is 0 Å². The molecule has 0 fully saturated rings. The fourth-order valence-electron chi connectivity index (χ4n) is 1.45. The van der Waals surface area contributed by atoms with E-state index in [-0.39, 0.29) is 5.92 Å². The lowest BCUT2D eigenvalue weighted by Crippen LogP contribution is -2.07. The van der Waals surface area contributed by atoms with Crippen LogP contribution in [-0.4, -0.2) is 6.61 Å². The van der Waals surface area contributed by atoms with Gasteiger partial charge in [0.15, 0.2) is 0 Å². The number of benzene rings is 1. The summed E-state index contributed by atoms with van der Waals surface area (Å²) in [5.74, 6) is 0.242. The number of hydrogen-bond donors (Lipinski definition) is 0. The summed E-state index contributed by atoms with van der Waals surface area (Å²) in [6.45, 7) is 7.93. The third kappa shape index (κ3) is 3.65. The molecule has 1 unspecified atom stereocenters. The number of halogens is 3. The molecule has 0 aliphatic rings. The van der Waals surface area contributed by atoms with Crippen LogP contribution in [0.25, 0.3) is 0 Å². The lowest BCUT2D eigenvalue weighted by Gasteiger charge is -2.16. The van der Waals surface area contributed by atoms with Crippen molar-refractivity contribution in [3.63, 3.8) is 0 Å². The molecule has 1 nitrogen and oxygen atoms in total. The molecule has 0 amide bonds. The summed E-state index contributed by atoms with van der Waals surface area (Å²) in [5, 5.41) is 0. The van der Waals surface area contributed by atoms with Crippen LogP contribution in [0.4, 0.5) is 13.2 Å². The monoisotopic (exact) mass is 245 g/mol. The standard InChI is InChI=1S/C13H16F3O/c1-4-7-17-12-6-5-10(13(14,15)16)8-11(12)9(2)3/h5-6,8-9H,2,4,7H2,1,3H3. The van der Waals surface area contributed by atoms with Crippen LogP contribution in [0.15, 0.2) is 18.2 Å². The van der Waals surface area contributed by atoms with E-state index >= 15 is 0 Å². The minimum Gasteiger partial charge on any atom is -0.493 e. The molecule has 0 aromatic heterocycles. The first kappa shape index (κ1) is 13.9. The van der Waals surface area contributed by atoms with Crippen LogP contribution in [0.1, 0.15) is 37.3 Å². The minimum atomic E-state index is -4.33. The molecule has 1 aromatic carbocycles. The molecule has 1 radical (unpaired) electrons. The van der Waals surface area contributed by atoms with Crippen LogP contribution >= 0.6 is 0 Å². The maximum atomic E-state index is 12.6. The van der Waals surface area contributed by atoms with Crippen LogP contribution in [0.5, 0.6) is 5.75 Å². The molecule has 0 bridgehead atoms. The van der Waals surface area contributed by atoms with Gasteiger partial charge < -0.3 is 4.74 Å². The molecule has 1 atom stereocenters. The van der Waals surface area contributed by atoms with Crippen LogP contribution in [-0.2, 0) is 6.18 Å². The third-order valence-corrected chi connectivity index (χ3v) is 2.33. The molecule has 95 valence electrons. The summed E-state index contributed by atoms with van der Waals surface area (Å²) in [4.78, 5) is 0. The van der Waals surface area contributed by atoms with E-state index in [1.54, 1.807) is 6.92 Å². The first-order chi connectivity index (χ1) is 7.86. The van der Waals surface area contributed by atoms with Crippen molar-refractivity contribution < 1.29 is 17.9 Å². The van der Waals surface area contributed by atoms with Crippen LogP contribution in [0.2, 0.25) is 0 Å². The molecular weight excluding hydrogens is 229 g/mol. The normalized spacial score (nSPS) is 11.9. The Hall–Kier alpha value is -1.19. The van der Waals surface area contributed by atoms with Gasteiger partial charge in [0.05, 0.1) is 12.2 Å². The fourth-order valence-corrected chi connectivity index (χ4v) is 1.45. The van der Waals surface area contributed by atoms with E-state index in [1.165, 1.54) is 6.07 Å². The number of rotatable bonds is 4. The minimum absolute atomic E-state index is 0.246. The molecule has 1 aromatic rings. The Morgan fingerprint density at radius 3 is 2.47 bits per heavy atom. The molecule has 0 aliphatic carbocycles. The molecule has 0 saturated carbocycles. The van der Waals surface area contributed by atoms with E-state index in [2.05, 4.69) is 6.92 Å². The molecular formula is C13H16F3O. The van der Waals surface area contributed by atoms with Crippen molar-refractivity contribution in [1.82, 2.24) is 0 Å². The van der Waals surface area contributed by atoms with Crippen molar-refractivity contribution in [2.75, 3.05) is 6.61 Å². The average Bonchev–Trinajstić information content (AvgIpc) is 2.24. The topological polar surface area (TPSA) is 9.23 Å². The summed E-state index contributed by atoms with van der Waals surface area (Å²) in [6, 6.07) is 3.52. The Bertz CT molecular complexity index is 369. The largest absolute Gasteiger partial charge is 0.493 e. The average molecular weight is 245 g/mol. The van der Waals surface area contributed by atoms with Gasteiger partial charge in [-0.3, -0.25) is 0 Å². The van der Waals surface area contributed by atoms with Crippen LogP contribution in [0.3, 0.4) is 0 Å². The van der Waals surface area contributed by atoms with Gasteiger partial charge in [-0.05, 0) is 43.0 Å². The Kier molecular flexibility index (Phi) is 4.43. The Morgan fingerprint density at radius 1 is 1.35 bits per heavy atom. The molecule has 0 aliphatic heterocycles.